The van der Waals surface area contributed by atoms with Crippen LogP contribution in [0, 0.1) is 12.8 Å². The van der Waals surface area contributed by atoms with E-state index in [-0.39, 0.29) is 0 Å². The molecule has 1 aromatic rings. The summed E-state index contributed by atoms with van der Waals surface area (Å²) in [6.07, 6.45) is 2.13. The summed E-state index contributed by atoms with van der Waals surface area (Å²) in [6.45, 7) is 5.11. The smallest absolute Gasteiger partial charge is 0.126 e. The van der Waals surface area contributed by atoms with E-state index >= 15 is 0 Å². The first-order chi connectivity index (χ1) is 7.13. The van der Waals surface area contributed by atoms with Gasteiger partial charge in [0.05, 0.1) is 11.4 Å². The zero-order chi connectivity index (χ0) is 11.3. The third-order valence-corrected chi connectivity index (χ3v) is 3.11. The number of hydrogen-bond donors (Lipinski definition) is 2. The van der Waals surface area contributed by atoms with Crippen molar-refractivity contribution >= 4 is 23.3 Å². The Bertz CT molecular complexity index is 315. The first-order valence-electron chi connectivity index (χ1n) is 5.09. The van der Waals surface area contributed by atoms with Crippen molar-refractivity contribution in [1.29, 1.82) is 0 Å². The SMILES string of the molecule is CSCC(C)CNc1ccc(N)c(C)n1. The lowest BCUT2D eigenvalue weighted by molar-refractivity contribution is 0.699. The predicted octanol–water partition coefficient (Wildman–Crippen LogP) is 2.38. The minimum atomic E-state index is 0.652. The summed E-state index contributed by atoms with van der Waals surface area (Å²) in [5, 5.41) is 3.32. The number of thioether (sulfide) groups is 1. The number of pyridine rings is 1. The molecule has 0 aliphatic rings. The third kappa shape index (κ3) is 4.00. The van der Waals surface area contributed by atoms with Crippen LogP contribution in [0.2, 0.25) is 0 Å². The highest BCUT2D eigenvalue weighted by molar-refractivity contribution is 7.98. The second-order valence-corrected chi connectivity index (χ2v) is 4.72. The van der Waals surface area contributed by atoms with Crippen LogP contribution in [0.15, 0.2) is 12.1 Å². The van der Waals surface area contributed by atoms with Gasteiger partial charge in [0, 0.05) is 6.54 Å². The van der Waals surface area contributed by atoms with Gasteiger partial charge in [0.2, 0.25) is 0 Å². The van der Waals surface area contributed by atoms with Gasteiger partial charge < -0.3 is 11.1 Å². The number of aryl methyl sites for hydroxylation is 1. The molecule has 0 saturated carbocycles. The maximum atomic E-state index is 5.70. The fourth-order valence-electron chi connectivity index (χ4n) is 1.29. The molecule has 1 aromatic heterocycles. The summed E-state index contributed by atoms with van der Waals surface area (Å²) in [7, 11) is 0. The fourth-order valence-corrected chi connectivity index (χ4v) is 1.98. The molecule has 0 aliphatic heterocycles. The van der Waals surface area contributed by atoms with Gasteiger partial charge in [-0.25, -0.2) is 4.98 Å². The maximum Gasteiger partial charge on any atom is 0.126 e. The summed E-state index contributed by atoms with van der Waals surface area (Å²) in [6, 6.07) is 3.82. The average molecular weight is 225 g/mol. The van der Waals surface area contributed by atoms with E-state index in [0.717, 1.165) is 23.7 Å². The van der Waals surface area contributed by atoms with Crippen LogP contribution < -0.4 is 11.1 Å². The lowest BCUT2D eigenvalue weighted by Crippen LogP contribution is -2.14. The molecule has 3 N–H and O–H groups in total. The molecule has 0 aromatic carbocycles. The Morgan fingerprint density at radius 1 is 1.53 bits per heavy atom. The average Bonchev–Trinajstić information content (AvgIpc) is 2.20. The summed E-state index contributed by atoms with van der Waals surface area (Å²) < 4.78 is 0. The predicted molar refractivity (Wildman–Crippen MR) is 69.4 cm³/mol. The Labute approximate surface area is 95.9 Å². The van der Waals surface area contributed by atoms with Gasteiger partial charge in [-0.3, -0.25) is 0 Å². The zero-order valence-corrected chi connectivity index (χ0v) is 10.4. The van der Waals surface area contributed by atoms with Gasteiger partial charge in [0.1, 0.15) is 5.82 Å². The molecule has 3 nitrogen and oxygen atoms in total. The highest BCUT2D eigenvalue weighted by Crippen LogP contribution is 2.12. The van der Waals surface area contributed by atoms with Gasteiger partial charge in [0.15, 0.2) is 0 Å². The van der Waals surface area contributed by atoms with Crippen LogP contribution in [-0.2, 0) is 0 Å². The lowest BCUT2D eigenvalue weighted by atomic mass is 10.2. The highest BCUT2D eigenvalue weighted by atomic mass is 32.2. The molecule has 0 aliphatic carbocycles. The van der Waals surface area contributed by atoms with E-state index in [0.29, 0.717) is 5.92 Å². The normalized spacial score (nSPS) is 12.5. The molecule has 1 unspecified atom stereocenters. The van der Waals surface area contributed by atoms with Crippen molar-refractivity contribution in [2.45, 2.75) is 13.8 Å². The number of nitrogens with zero attached hydrogens (tertiary/aromatic N) is 1. The Kier molecular flexibility index (Phi) is 4.75. The highest BCUT2D eigenvalue weighted by Gasteiger charge is 2.02. The van der Waals surface area contributed by atoms with Crippen LogP contribution >= 0.6 is 11.8 Å². The molecule has 1 atom stereocenters. The molecule has 84 valence electrons. The molecule has 0 bridgehead atoms. The first kappa shape index (κ1) is 12.2. The van der Waals surface area contributed by atoms with Gasteiger partial charge in [-0.05, 0) is 37.0 Å². The van der Waals surface area contributed by atoms with Crippen molar-refractivity contribution in [2.24, 2.45) is 5.92 Å². The van der Waals surface area contributed by atoms with Crippen LogP contribution in [0.4, 0.5) is 11.5 Å². The van der Waals surface area contributed by atoms with E-state index in [9.17, 15) is 0 Å². The Balaban J connectivity index is 2.47. The lowest BCUT2D eigenvalue weighted by Gasteiger charge is -2.12. The van der Waals surface area contributed by atoms with Gasteiger partial charge in [0.25, 0.3) is 0 Å². The van der Waals surface area contributed by atoms with Crippen LogP contribution in [-0.4, -0.2) is 23.5 Å². The first-order valence-corrected chi connectivity index (χ1v) is 6.48. The summed E-state index contributed by atoms with van der Waals surface area (Å²) in [4.78, 5) is 4.36. The fraction of sp³-hybridized carbons (Fsp3) is 0.545. The molecule has 0 spiro atoms. The van der Waals surface area contributed by atoms with E-state index in [2.05, 4.69) is 23.5 Å². The second-order valence-electron chi connectivity index (χ2n) is 3.81. The third-order valence-electron chi connectivity index (χ3n) is 2.21. The van der Waals surface area contributed by atoms with Crippen molar-refractivity contribution < 1.29 is 0 Å². The van der Waals surface area contributed by atoms with Crippen LogP contribution in [0.1, 0.15) is 12.6 Å². The molecule has 1 heterocycles. The molecule has 15 heavy (non-hydrogen) atoms. The van der Waals surface area contributed by atoms with Crippen molar-refractivity contribution in [2.75, 3.05) is 29.6 Å². The Morgan fingerprint density at radius 3 is 2.87 bits per heavy atom. The van der Waals surface area contributed by atoms with Gasteiger partial charge in [-0.1, -0.05) is 6.92 Å². The standard InChI is InChI=1S/C11H19N3S/c1-8(7-15-3)6-13-11-5-4-10(12)9(2)14-11/h4-5,8H,6-7,12H2,1-3H3,(H,13,14). The van der Waals surface area contributed by atoms with Crippen molar-refractivity contribution in [1.82, 2.24) is 4.98 Å². The molecule has 0 amide bonds. The molecular formula is C11H19N3S. The Hall–Kier alpha value is -0.900. The van der Waals surface area contributed by atoms with E-state index in [1.54, 1.807) is 0 Å². The molecule has 1 rings (SSSR count). The maximum absolute atomic E-state index is 5.70. The summed E-state index contributed by atoms with van der Waals surface area (Å²) >= 11 is 1.87. The van der Waals surface area contributed by atoms with Crippen molar-refractivity contribution in [3.63, 3.8) is 0 Å². The van der Waals surface area contributed by atoms with Crippen molar-refractivity contribution in [3.05, 3.63) is 17.8 Å². The molecular weight excluding hydrogens is 206 g/mol. The minimum Gasteiger partial charge on any atom is -0.397 e. The largest absolute Gasteiger partial charge is 0.397 e. The van der Waals surface area contributed by atoms with E-state index in [1.165, 1.54) is 5.75 Å². The zero-order valence-electron chi connectivity index (χ0n) is 9.58. The van der Waals surface area contributed by atoms with Gasteiger partial charge in [-0.2, -0.15) is 11.8 Å². The van der Waals surface area contributed by atoms with Gasteiger partial charge >= 0.3 is 0 Å². The number of nitrogens with one attached hydrogen (secondary N) is 1. The summed E-state index contributed by atoms with van der Waals surface area (Å²) in [5.41, 5.74) is 7.33. The number of hydrogen-bond acceptors (Lipinski definition) is 4. The minimum absolute atomic E-state index is 0.652. The number of nitrogens with two attached hydrogens (primary N) is 1. The summed E-state index contributed by atoms with van der Waals surface area (Å²) in [5.74, 6) is 2.73. The topological polar surface area (TPSA) is 50.9 Å². The van der Waals surface area contributed by atoms with Crippen molar-refractivity contribution in [3.8, 4) is 0 Å². The quantitative estimate of drug-likeness (QED) is 0.808. The number of aromatic nitrogens is 1. The second kappa shape index (κ2) is 5.85. The molecule has 0 saturated heterocycles. The van der Waals surface area contributed by atoms with Crippen LogP contribution in [0.5, 0.6) is 0 Å². The van der Waals surface area contributed by atoms with Crippen LogP contribution in [0.25, 0.3) is 0 Å². The van der Waals surface area contributed by atoms with E-state index in [1.807, 2.05) is 30.8 Å². The number of anilines is 2. The van der Waals surface area contributed by atoms with E-state index < -0.39 is 0 Å². The van der Waals surface area contributed by atoms with E-state index in [4.69, 9.17) is 5.73 Å². The molecule has 0 radical (unpaired) electrons. The van der Waals surface area contributed by atoms with Gasteiger partial charge in [-0.15, -0.1) is 0 Å². The Morgan fingerprint density at radius 2 is 2.27 bits per heavy atom. The monoisotopic (exact) mass is 225 g/mol. The molecule has 4 heteroatoms. The number of rotatable bonds is 5. The van der Waals surface area contributed by atoms with Crippen LogP contribution in [0.3, 0.4) is 0 Å². The number of nitrogen functional groups attached to an aromatic ring is 1. The molecule has 0 fully saturated rings.